The minimum absolute atomic E-state index is 0.00986. The summed E-state index contributed by atoms with van der Waals surface area (Å²) in [7, 11) is 0. The fraction of sp³-hybridized carbons (Fsp3) is 0.529. The molecule has 1 heterocycles. The largest absolute Gasteiger partial charge is 0.340 e. The average molecular weight is 288 g/mol. The number of carbonyl (C=O) groups is 2. The lowest BCUT2D eigenvalue weighted by molar-refractivity contribution is -0.135. The third-order valence-electron chi connectivity index (χ3n) is 4.06. The van der Waals surface area contributed by atoms with Crippen LogP contribution in [0, 0.1) is 0 Å². The Kier molecular flexibility index (Phi) is 5.37. The van der Waals surface area contributed by atoms with Crippen molar-refractivity contribution in [2.24, 2.45) is 0 Å². The lowest BCUT2D eigenvalue weighted by atomic mass is 10.0. The zero-order chi connectivity index (χ0) is 15.2. The van der Waals surface area contributed by atoms with Gasteiger partial charge >= 0.3 is 0 Å². The van der Waals surface area contributed by atoms with Gasteiger partial charge in [0.15, 0.2) is 0 Å². The summed E-state index contributed by atoms with van der Waals surface area (Å²) in [5.41, 5.74) is 0.852. The summed E-state index contributed by atoms with van der Waals surface area (Å²) in [5.74, 6) is -0.0435. The molecule has 0 bridgehead atoms. The Labute approximate surface area is 126 Å². The predicted molar refractivity (Wildman–Crippen MR) is 82.6 cm³/mol. The quantitative estimate of drug-likeness (QED) is 0.905. The molecule has 0 spiro atoms. The molecule has 0 saturated carbocycles. The van der Waals surface area contributed by atoms with Gasteiger partial charge in [-0.3, -0.25) is 9.59 Å². The standard InChI is InChI=1S/C17H24N2O2/c1-3-4-8-13(2)19-12-11-15(20)18-16(17(19)21)14-9-6-5-7-10-14/h5-7,9-10,13,16H,3-4,8,11-12H2,1-2H3,(H,18,20). The summed E-state index contributed by atoms with van der Waals surface area (Å²) in [5, 5.41) is 2.86. The van der Waals surface area contributed by atoms with Gasteiger partial charge in [0.25, 0.3) is 0 Å². The van der Waals surface area contributed by atoms with Crippen LogP contribution in [0.15, 0.2) is 30.3 Å². The van der Waals surface area contributed by atoms with E-state index in [1.165, 1.54) is 0 Å². The second kappa shape index (κ2) is 7.25. The van der Waals surface area contributed by atoms with E-state index >= 15 is 0 Å². The first kappa shape index (κ1) is 15.5. The molecule has 1 saturated heterocycles. The zero-order valence-electron chi connectivity index (χ0n) is 12.8. The third kappa shape index (κ3) is 3.84. The summed E-state index contributed by atoms with van der Waals surface area (Å²) in [6, 6.07) is 9.11. The first-order valence-corrected chi connectivity index (χ1v) is 7.78. The van der Waals surface area contributed by atoms with Crippen LogP contribution in [0.3, 0.4) is 0 Å². The van der Waals surface area contributed by atoms with E-state index in [2.05, 4.69) is 19.2 Å². The highest BCUT2D eigenvalue weighted by Gasteiger charge is 2.32. The smallest absolute Gasteiger partial charge is 0.250 e. The molecule has 2 unspecified atom stereocenters. The van der Waals surface area contributed by atoms with E-state index in [0.29, 0.717) is 13.0 Å². The van der Waals surface area contributed by atoms with E-state index in [1.54, 1.807) is 0 Å². The van der Waals surface area contributed by atoms with Crippen molar-refractivity contribution < 1.29 is 9.59 Å². The molecular formula is C17H24N2O2. The van der Waals surface area contributed by atoms with Gasteiger partial charge in [-0.25, -0.2) is 0 Å². The minimum Gasteiger partial charge on any atom is -0.340 e. The minimum atomic E-state index is -0.551. The highest BCUT2D eigenvalue weighted by Crippen LogP contribution is 2.22. The molecule has 1 fully saturated rings. The van der Waals surface area contributed by atoms with E-state index in [0.717, 1.165) is 24.8 Å². The lowest BCUT2D eigenvalue weighted by Gasteiger charge is -2.30. The molecule has 1 aliphatic rings. The fourth-order valence-corrected chi connectivity index (χ4v) is 2.76. The van der Waals surface area contributed by atoms with E-state index < -0.39 is 6.04 Å². The van der Waals surface area contributed by atoms with E-state index in [-0.39, 0.29) is 17.9 Å². The van der Waals surface area contributed by atoms with Crippen LogP contribution in [0.5, 0.6) is 0 Å². The maximum absolute atomic E-state index is 12.8. The predicted octanol–water partition coefficient (Wildman–Crippen LogP) is 2.65. The highest BCUT2D eigenvalue weighted by atomic mass is 16.2. The number of hydrogen-bond donors (Lipinski definition) is 1. The van der Waals surface area contributed by atoms with Crippen molar-refractivity contribution >= 4 is 11.8 Å². The number of amides is 2. The van der Waals surface area contributed by atoms with E-state index in [4.69, 9.17) is 0 Å². The molecule has 0 radical (unpaired) electrons. The number of hydrogen-bond acceptors (Lipinski definition) is 2. The average Bonchev–Trinajstić information content (AvgIpc) is 2.65. The van der Waals surface area contributed by atoms with Crippen LogP contribution in [-0.2, 0) is 9.59 Å². The molecule has 1 aromatic rings. The molecule has 21 heavy (non-hydrogen) atoms. The maximum atomic E-state index is 12.8. The summed E-state index contributed by atoms with van der Waals surface area (Å²) >= 11 is 0. The monoisotopic (exact) mass is 288 g/mol. The Morgan fingerprint density at radius 3 is 2.67 bits per heavy atom. The Hall–Kier alpha value is -1.84. The van der Waals surface area contributed by atoms with E-state index in [1.807, 2.05) is 35.2 Å². The fourth-order valence-electron chi connectivity index (χ4n) is 2.76. The summed E-state index contributed by atoms with van der Waals surface area (Å²) in [6.07, 6.45) is 3.58. The Balaban J connectivity index is 2.20. The summed E-state index contributed by atoms with van der Waals surface area (Å²) < 4.78 is 0. The van der Waals surface area contributed by atoms with Crippen LogP contribution in [0.2, 0.25) is 0 Å². The second-order valence-corrected chi connectivity index (χ2v) is 5.68. The Bertz CT molecular complexity index is 487. The van der Waals surface area contributed by atoms with Crippen molar-refractivity contribution in [3.05, 3.63) is 35.9 Å². The van der Waals surface area contributed by atoms with Crippen molar-refractivity contribution in [1.82, 2.24) is 10.2 Å². The zero-order valence-corrected chi connectivity index (χ0v) is 12.8. The van der Waals surface area contributed by atoms with Gasteiger partial charge in [-0.2, -0.15) is 0 Å². The van der Waals surface area contributed by atoms with Crippen LogP contribution in [-0.4, -0.2) is 29.3 Å². The van der Waals surface area contributed by atoms with Gasteiger partial charge in [0.1, 0.15) is 6.04 Å². The topological polar surface area (TPSA) is 49.4 Å². The molecule has 2 rings (SSSR count). The molecule has 1 aromatic carbocycles. The van der Waals surface area contributed by atoms with Crippen molar-refractivity contribution in [3.63, 3.8) is 0 Å². The number of nitrogens with one attached hydrogen (secondary N) is 1. The number of nitrogens with zero attached hydrogens (tertiary/aromatic N) is 1. The number of benzene rings is 1. The lowest BCUT2D eigenvalue weighted by Crippen LogP contribution is -2.43. The van der Waals surface area contributed by atoms with Crippen molar-refractivity contribution in [2.45, 2.75) is 51.6 Å². The van der Waals surface area contributed by atoms with Crippen LogP contribution in [0.25, 0.3) is 0 Å². The Morgan fingerprint density at radius 1 is 1.29 bits per heavy atom. The molecule has 0 aromatic heterocycles. The molecule has 4 nitrogen and oxygen atoms in total. The number of carbonyl (C=O) groups excluding carboxylic acids is 2. The summed E-state index contributed by atoms with van der Waals surface area (Å²) in [4.78, 5) is 26.6. The van der Waals surface area contributed by atoms with Crippen molar-refractivity contribution in [3.8, 4) is 0 Å². The summed E-state index contributed by atoms with van der Waals surface area (Å²) in [6.45, 7) is 4.74. The molecule has 0 aliphatic carbocycles. The SMILES string of the molecule is CCCCC(C)N1CCC(=O)NC(c2ccccc2)C1=O. The molecule has 114 valence electrons. The Morgan fingerprint density at radius 2 is 2.00 bits per heavy atom. The number of rotatable bonds is 5. The molecule has 4 heteroatoms. The molecule has 2 amide bonds. The number of unbranched alkanes of at least 4 members (excludes halogenated alkanes) is 1. The first-order chi connectivity index (χ1) is 10.1. The van der Waals surface area contributed by atoms with Gasteiger partial charge in [-0.05, 0) is 18.9 Å². The van der Waals surface area contributed by atoms with Gasteiger partial charge in [0.2, 0.25) is 11.8 Å². The maximum Gasteiger partial charge on any atom is 0.250 e. The molecule has 1 aliphatic heterocycles. The normalized spacial score (nSPS) is 20.9. The highest BCUT2D eigenvalue weighted by molar-refractivity contribution is 5.91. The molecule has 1 N–H and O–H groups in total. The van der Waals surface area contributed by atoms with Crippen LogP contribution in [0.4, 0.5) is 0 Å². The van der Waals surface area contributed by atoms with Crippen LogP contribution >= 0.6 is 0 Å². The van der Waals surface area contributed by atoms with E-state index in [9.17, 15) is 9.59 Å². The van der Waals surface area contributed by atoms with Crippen molar-refractivity contribution in [2.75, 3.05) is 6.54 Å². The first-order valence-electron chi connectivity index (χ1n) is 7.78. The van der Waals surface area contributed by atoms with Gasteiger partial charge in [0, 0.05) is 19.0 Å². The van der Waals surface area contributed by atoms with Gasteiger partial charge in [-0.1, -0.05) is 50.1 Å². The van der Waals surface area contributed by atoms with Gasteiger partial charge in [-0.15, -0.1) is 0 Å². The van der Waals surface area contributed by atoms with Gasteiger partial charge in [0.05, 0.1) is 0 Å². The molecule has 2 atom stereocenters. The second-order valence-electron chi connectivity index (χ2n) is 5.68. The van der Waals surface area contributed by atoms with Crippen LogP contribution < -0.4 is 5.32 Å². The third-order valence-corrected chi connectivity index (χ3v) is 4.06. The van der Waals surface area contributed by atoms with Crippen LogP contribution in [0.1, 0.15) is 51.1 Å². The van der Waals surface area contributed by atoms with Gasteiger partial charge < -0.3 is 10.2 Å². The van der Waals surface area contributed by atoms with Crippen molar-refractivity contribution in [1.29, 1.82) is 0 Å². The molecular weight excluding hydrogens is 264 g/mol.